The van der Waals surface area contributed by atoms with Gasteiger partial charge >= 0.3 is 0 Å². The maximum Gasteiger partial charge on any atom is 0.168 e. The lowest BCUT2D eigenvalue weighted by Gasteiger charge is -2.02. The van der Waals surface area contributed by atoms with Crippen LogP contribution in [0.1, 0.15) is 10.4 Å². The average molecular weight is 239 g/mol. The molecule has 0 amide bonds. The molecule has 18 heavy (non-hydrogen) atoms. The van der Waals surface area contributed by atoms with E-state index in [0.717, 1.165) is 12.0 Å². The third-order valence-corrected chi connectivity index (χ3v) is 2.67. The lowest BCUT2D eigenvalue weighted by Crippen LogP contribution is -1.99. The van der Waals surface area contributed by atoms with Crippen molar-refractivity contribution in [1.82, 2.24) is 19.7 Å². The number of nitrogens with zero attached hydrogens (tertiary/aromatic N) is 4. The van der Waals surface area contributed by atoms with Gasteiger partial charge in [0.15, 0.2) is 5.65 Å². The summed E-state index contributed by atoms with van der Waals surface area (Å²) in [5, 5.41) is 4.93. The highest BCUT2D eigenvalue weighted by atomic mass is 16.1. The van der Waals surface area contributed by atoms with Gasteiger partial charge in [-0.15, -0.1) is 0 Å². The summed E-state index contributed by atoms with van der Waals surface area (Å²) >= 11 is 0. The van der Waals surface area contributed by atoms with Crippen molar-refractivity contribution in [3.63, 3.8) is 0 Å². The van der Waals surface area contributed by atoms with E-state index in [1.807, 2.05) is 0 Å². The van der Waals surface area contributed by atoms with Gasteiger partial charge in [0.1, 0.15) is 18.4 Å². The summed E-state index contributed by atoms with van der Waals surface area (Å²) < 4.78 is 1.65. The predicted molar refractivity (Wildman–Crippen MR) is 66.5 cm³/mol. The number of anilines is 1. The molecule has 2 aromatic heterocycles. The maximum atomic E-state index is 10.6. The molecule has 2 N–H and O–H groups in total. The van der Waals surface area contributed by atoms with Gasteiger partial charge in [-0.05, 0) is 24.3 Å². The Hall–Kier alpha value is -2.76. The first-order valence-electron chi connectivity index (χ1n) is 5.29. The molecule has 3 rings (SSSR count). The fourth-order valence-corrected chi connectivity index (χ4v) is 1.75. The van der Waals surface area contributed by atoms with Crippen molar-refractivity contribution >= 4 is 23.1 Å². The van der Waals surface area contributed by atoms with Crippen LogP contribution in [0.5, 0.6) is 0 Å². The van der Waals surface area contributed by atoms with Crippen LogP contribution in [0.2, 0.25) is 0 Å². The fourth-order valence-electron chi connectivity index (χ4n) is 1.75. The van der Waals surface area contributed by atoms with Crippen LogP contribution >= 0.6 is 0 Å². The number of hydrogen-bond acceptors (Lipinski definition) is 5. The zero-order valence-corrected chi connectivity index (χ0v) is 9.32. The Balaban J connectivity index is 2.19. The third kappa shape index (κ3) is 1.51. The first-order chi connectivity index (χ1) is 8.79. The third-order valence-electron chi connectivity index (χ3n) is 2.67. The molecule has 3 aromatic rings. The molecule has 88 valence electrons. The molecule has 0 fully saturated rings. The number of rotatable bonds is 2. The monoisotopic (exact) mass is 239 g/mol. The summed E-state index contributed by atoms with van der Waals surface area (Å²) in [5.74, 6) is 0.399. The molecule has 6 nitrogen and oxygen atoms in total. The number of aromatic nitrogens is 4. The Morgan fingerprint density at radius 3 is 2.67 bits per heavy atom. The summed E-state index contributed by atoms with van der Waals surface area (Å²) in [6, 6.07) is 7.05. The molecule has 0 atom stereocenters. The van der Waals surface area contributed by atoms with Crippen molar-refractivity contribution in [3.8, 4) is 5.69 Å². The van der Waals surface area contributed by atoms with Crippen LogP contribution in [-0.4, -0.2) is 26.0 Å². The summed E-state index contributed by atoms with van der Waals surface area (Å²) in [5.41, 5.74) is 7.81. The van der Waals surface area contributed by atoms with Crippen LogP contribution in [-0.2, 0) is 0 Å². The highest BCUT2D eigenvalue weighted by Gasteiger charge is 2.08. The summed E-state index contributed by atoms with van der Waals surface area (Å²) in [6.45, 7) is 0. The Labute approximate surface area is 102 Å². The van der Waals surface area contributed by atoms with Crippen LogP contribution in [0.25, 0.3) is 16.7 Å². The van der Waals surface area contributed by atoms with E-state index in [-0.39, 0.29) is 0 Å². The first-order valence-corrected chi connectivity index (χ1v) is 5.29. The second kappa shape index (κ2) is 3.92. The molecule has 0 unspecified atom stereocenters. The number of nitrogens with two attached hydrogens (primary N) is 1. The Morgan fingerprint density at radius 2 is 1.94 bits per heavy atom. The zero-order chi connectivity index (χ0) is 12.5. The lowest BCUT2D eigenvalue weighted by molar-refractivity contribution is 0.112. The van der Waals surface area contributed by atoms with Crippen molar-refractivity contribution in [2.75, 3.05) is 5.73 Å². The smallest absolute Gasteiger partial charge is 0.168 e. The molecule has 2 heterocycles. The number of fused-ring (bicyclic) bond motifs is 1. The van der Waals surface area contributed by atoms with Gasteiger partial charge in [-0.3, -0.25) is 4.79 Å². The summed E-state index contributed by atoms with van der Waals surface area (Å²) in [7, 11) is 0. The van der Waals surface area contributed by atoms with E-state index in [4.69, 9.17) is 5.73 Å². The second-order valence-corrected chi connectivity index (χ2v) is 3.76. The quantitative estimate of drug-likeness (QED) is 0.679. The lowest BCUT2D eigenvalue weighted by atomic mass is 10.2. The van der Waals surface area contributed by atoms with Crippen LogP contribution in [0.15, 0.2) is 36.8 Å². The maximum absolute atomic E-state index is 10.6. The molecule has 1 aromatic carbocycles. The summed E-state index contributed by atoms with van der Waals surface area (Å²) in [6.07, 6.45) is 3.82. The van der Waals surface area contributed by atoms with Crippen LogP contribution in [0, 0.1) is 0 Å². The first kappa shape index (κ1) is 10.4. The molecule has 0 aliphatic heterocycles. The Kier molecular flexibility index (Phi) is 2.26. The molecule has 0 saturated carbocycles. The molecule has 6 heteroatoms. The van der Waals surface area contributed by atoms with Crippen LogP contribution in [0.4, 0.5) is 5.82 Å². The Morgan fingerprint density at radius 1 is 1.17 bits per heavy atom. The van der Waals surface area contributed by atoms with E-state index in [0.29, 0.717) is 22.4 Å². The van der Waals surface area contributed by atoms with Crippen molar-refractivity contribution in [1.29, 1.82) is 0 Å². The summed E-state index contributed by atoms with van der Waals surface area (Å²) in [4.78, 5) is 18.7. The molecule has 0 radical (unpaired) electrons. The number of aldehydes is 1. The molecule has 0 bridgehead atoms. The minimum absolute atomic E-state index is 0.399. The van der Waals surface area contributed by atoms with Gasteiger partial charge in [0.05, 0.1) is 17.3 Å². The van der Waals surface area contributed by atoms with Crippen molar-refractivity contribution in [3.05, 3.63) is 42.4 Å². The molecule has 0 aliphatic rings. The molecule has 0 aliphatic carbocycles. The fraction of sp³-hybridized carbons (Fsp3) is 0. The van der Waals surface area contributed by atoms with Crippen LogP contribution in [0.3, 0.4) is 0 Å². The minimum atomic E-state index is 0.399. The Bertz CT molecular complexity index is 717. The number of carbonyl (C=O) groups is 1. The van der Waals surface area contributed by atoms with Gasteiger partial charge in [-0.2, -0.15) is 5.10 Å². The van der Waals surface area contributed by atoms with E-state index in [2.05, 4.69) is 15.1 Å². The van der Waals surface area contributed by atoms with E-state index in [1.54, 1.807) is 35.1 Å². The van der Waals surface area contributed by atoms with Gasteiger partial charge in [0.25, 0.3) is 0 Å². The highest BCUT2D eigenvalue weighted by Crippen LogP contribution is 2.19. The molecular weight excluding hydrogens is 230 g/mol. The minimum Gasteiger partial charge on any atom is -0.383 e. The van der Waals surface area contributed by atoms with Gasteiger partial charge in [0.2, 0.25) is 0 Å². The van der Waals surface area contributed by atoms with Gasteiger partial charge in [-0.1, -0.05) is 0 Å². The van der Waals surface area contributed by atoms with E-state index in [9.17, 15) is 4.79 Å². The SMILES string of the molecule is Nc1ncnc2c1cnn2-c1ccc(C=O)cc1. The van der Waals surface area contributed by atoms with Gasteiger partial charge in [0, 0.05) is 5.56 Å². The van der Waals surface area contributed by atoms with Crippen molar-refractivity contribution < 1.29 is 4.79 Å². The van der Waals surface area contributed by atoms with Crippen molar-refractivity contribution in [2.45, 2.75) is 0 Å². The number of carbonyl (C=O) groups excluding carboxylic acids is 1. The normalized spacial score (nSPS) is 10.7. The number of benzene rings is 1. The van der Waals surface area contributed by atoms with E-state index >= 15 is 0 Å². The largest absolute Gasteiger partial charge is 0.383 e. The topological polar surface area (TPSA) is 86.7 Å². The molecular formula is C12H9N5O. The number of hydrogen-bond donors (Lipinski definition) is 1. The van der Waals surface area contributed by atoms with Gasteiger partial charge in [-0.25, -0.2) is 14.6 Å². The standard InChI is InChI=1S/C12H9N5O/c13-11-10-5-16-17(12(10)15-7-14-11)9-3-1-8(6-18)2-4-9/h1-7H,(H2,13,14,15). The molecule has 0 spiro atoms. The highest BCUT2D eigenvalue weighted by molar-refractivity contribution is 5.85. The van der Waals surface area contributed by atoms with Crippen LogP contribution < -0.4 is 5.73 Å². The zero-order valence-electron chi connectivity index (χ0n) is 9.32. The predicted octanol–water partition coefficient (Wildman–Crippen LogP) is 1.21. The number of nitrogen functional groups attached to an aromatic ring is 1. The van der Waals surface area contributed by atoms with E-state index in [1.165, 1.54) is 6.33 Å². The van der Waals surface area contributed by atoms with Gasteiger partial charge < -0.3 is 5.73 Å². The second-order valence-electron chi connectivity index (χ2n) is 3.76. The van der Waals surface area contributed by atoms with E-state index < -0.39 is 0 Å². The molecule has 0 saturated heterocycles. The average Bonchev–Trinajstić information content (AvgIpc) is 2.84. The van der Waals surface area contributed by atoms with Crippen molar-refractivity contribution in [2.24, 2.45) is 0 Å².